The molecule has 2 fully saturated rings. The number of rotatable bonds is 7. The third kappa shape index (κ3) is 6.47. The van der Waals surface area contributed by atoms with Crippen molar-refractivity contribution in [2.24, 2.45) is 0 Å². The van der Waals surface area contributed by atoms with Crippen LogP contribution in [-0.4, -0.2) is 82.1 Å². The molecule has 2 amide bonds. The molecule has 0 radical (unpaired) electrons. The van der Waals surface area contributed by atoms with Gasteiger partial charge in [-0.15, -0.1) is 0 Å². The van der Waals surface area contributed by atoms with Crippen molar-refractivity contribution < 1.29 is 18.8 Å². The number of nitrogens with one attached hydrogen (secondary N) is 1. The van der Waals surface area contributed by atoms with Crippen molar-refractivity contribution >= 4 is 40.4 Å². The lowest BCUT2D eigenvalue weighted by Crippen LogP contribution is -2.47. The van der Waals surface area contributed by atoms with Gasteiger partial charge < -0.3 is 18.7 Å². The van der Waals surface area contributed by atoms with Gasteiger partial charge in [0.25, 0.3) is 5.91 Å². The average molecular weight is 594 g/mol. The van der Waals surface area contributed by atoms with E-state index in [-0.39, 0.29) is 24.0 Å². The zero-order valence-electron chi connectivity index (χ0n) is 25.1. The number of pyridine rings is 1. The van der Waals surface area contributed by atoms with Crippen LogP contribution in [0.25, 0.3) is 11.0 Å². The van der Waals surface area contributed by atoms with Crippen LogP contribution in [0.3, 0.4) is 0 Å². The summed E-state index contributed by atoms with van der Waals surface area (Å²) in [7, 11) is 6.75. The lowest BCUT2D eigenvalue weighted by Gasteiger charge is -2.38. The number of anilines is 1. The van der Waals surface area contributed by atoms with E-state index >= 15 is 0 Å². The Balaban J connectivity index is 1.51. The number of aromatic nitrogens is 3. The number of carbonyl (C=O) groups is 2. The van der Waals surface area contributed by atoms with Crippen molar-refractivity contribution in [2.45, 2.75) is 70.1 Å². The molecule has 0 unspecified atom stereocenters. The van der Waals surface area contributed by atoms with E-state index in [1.54, 1.807) is 18.3 Å². The quantitative estimate of drug-likeness (QED) is 0.277. The monoisotopic (exact) mass is 593 g/mol. The molecule has 1 aliphatic heterocycles. The second kappa shape index (κ2) is 12.4. The van der Waals surface area contributed by atoms with Gasteiger partial charge in [-0.2, -0.15) is 0 Å². The highest BCUT2D eigenvalue weighted by Crippen LogP contribution is 2.40. The Morgan fingerprint density at radius 1 is 1.12 bits per heavy atom. The van der Waals surface area contributed by atoms with Crippen molar-refractivity contribution in [2.75, 3.05) is 39.5 Å². The van der Waals surface area contributed by atoms with Crippen molar-refractivity contribution in [3.05, 3.63) is 59.4 Å². The van der Waals surface area contributed by atoms with Gasteiger partial charge in [-0.05, 0) is 69.4 Å². The van der Waals surface area contributed by atoms with Gasteiger partial charge in [0.1, 0.15) is 10.8 Å². The number of carbonyl (C=O) groups excluding carboxylic acids is 2. The maximum absolute atomic E-state index is 13.3. The molecule has 5 rings (SSSR count). The molecule has 1 saturated carbocycles. The molecule has 3 heterocycles. The summed E-state index contributed by atoms with van der Waals surface area (Å²) < 4.78 is 9.48. The van der Waals surface area contributed by atoms with Gasteiger partial charge >= 0.3 is 0 Å². The molecule has 1 N–H and O–H groups in total. The van der Waals surface area contributed by atoms with E-state index in [1.165, 1.54) is 6.08 Å². The Kier molecular flexibility index (Phi) is 8.89. The molecular formula is C32H42ClN6O3+. The van der Waals surface area contributed by atoms with Crippen LogP contribution in [0.4, 0.5) is 5.95 Å². The zero-order chi connectivity index (χ0) is 30.0. The number of halogens is 1. The molecule has 2 aromatic heterocycles. The van der Waals surface area contributed by atoms with Crippen LogP contribution in [0.2, 0.25) is 5.02 Å². The van der Waals surface area contributed by atoms with E-state index in [0.717, 1.165) is 55.1 Å². The van der Waals surface area contributed by atoms with E-state index in [2.05, 4.69) is 38.0 Å². The number of nitrogens with zero attached hydrogens (tertiary/aromatic N) is 5. The summed E-state index contributed by atoms with van der Waals surface area (Å²) in [6, 6.07) is 7.68. The molecule has 1 aromatic carbocycles. The average Bonchev–Trinajstić information content (AvgIpc) is 3.15. The fourth-order valence-electron chi connectivity index (χ4n) is 6.30. The molecule has 224 valence electrons. The predicted molar refractivity (Wildman–Crippen MR) is 166 cm³/mol. The Hall–Kier alpha value is -3.43. The van der Waals surface area contributed by atoms with Crippen LogP contribution >= 0.6 is 11.6 Å². The van der Waals surface area contributed by atoms with Crippen molar-refractivity contribution in [1.82, 2.24) is 19.4 Å². The Morgan fingerprint density at radius 2 is 1.88 bits per heavy atom. The smallest absolute Gasteiger partial charge is 0.258 e. The van der Waals surface area contributed by atoms with Crippen LogP contribution in [-0.2, 0) is 4.79 Å². The summed E-state index contributed by atoms with van der Waals surface area (Å²) >= 11 is 7.13. The molecule has 0 spiro atoms. The number of hydrogen-bond acceptors (Lipinski definition) is 5. The molecule has 10 heteroatoms. The standard InChI is InChI=1S/C32H41ClN6O3/c1-6-28(40)37-18-8-7-9-23(20-37)38-30-26(35-32(38)36-31(41)22-16-17-34-21(2)19-22)14-15-27(29(30)33)42-25-12-10-24(11-13-25)39(3,4)5/h6,14-17,19,23-25H,1,7-13,18,20H2,2-5H3/p+1/t23-,24?,25?/m1/s1. The van der Waals surface area contributed by atoms with Crippen LogP contribution in [0.5, 0.6) is 5.75 Å². The fourth-order valence-corrected chi connectivity index (χ4v) is 6.60. The van der Waals surface area contributed by atoms with Crippen LogP contribution in [0, 0.1) is 6.92 Å². The largest absolute Gasteiger partial charge is 0.489 e. The van der Waals surface area contributed by atoms with Crippen LogP contribution in [0.15, 0.2) is 43.1 Å². The number of amides is 2. The highest BCUT2D eigenvalue weighted by Gasteiger charge is 2.32. The third-order valence-corrected chi connectivity index (χ3v) is 9.04. The van der Waals surface area contributed by atoms with E-state index in [1.807, 2.05) is 28.5 Å². The minimum Gasteiger partial charge on any atom is -0.489 e. The van der Waals surface area contributed by atoms with E-state index in [4.69, 9.17) is 21.3 Å². The number of quaternary nitrogens is 1. The molecule has 9 nitrogen and oxygen atoms in total. The molecule has 1 atom stereocenters. The first kappa shape index (κ1) is 30.0. The number of benzene rings is 1. The summed E-state index contributed by atoms with van der Waals surface area (Å²) in [5.74, 6) is 0.620. The van der Waals surface area contributed by atoms with Crippen LogP contribution < -0.4 is 10.1 Å². The molecule has 0 bridgehead atoms. The van der Waals surface area contributed by atoms with Gasteiger partial charge in [0.2, 0.25) is 11.9 Å². The summed E-state index contributed by atoms with van der Waals surface area (Å²) in [6.45, 7) is 6.65. The van der Waals surface area contributed by atoms with Crippen molar-refractivity contribution in [1.29, 1.82) is 0 Å². The minimum absolute atomic E-state index is 0.0896. The van der Waals surface area contributed by atoms with Gasteiger partial charge in [-0.3, -0.25) is 19.9 Å². The number of fused-ring (bicyclic) bond motifs is 1. The highest BCUT2D eigenvalue weighted by molar-refractivity contribution is 6.36. The molecule has 42 heavy (non-hydrogen) atoms. The lowest BCUT2D eigenvalue weighted by molar-refractivity contribution is -0.897. The van der Waals surface area contributed by atoms with Crippen LogP contribution in [0.1, 0.15) is 67.0 Å². The number of likely N-dealkylation sites (tertiary alicyclic amines) is 1. The second-order valence-electron chi connectivity index (χ2n) is 12.5. The minimum atomic E-state index is -0.286. The SMILES string of the molecule is C=CC(=O)N1CCCC[C@@H](n2c(NC(=O)c3ccnc(C)c3)nc3ccc(OC4CCC([N+](C)(C)C)CC4)c(Cl)c32)C1. The first-order valence-electron chi connectivity index (χ1n) is 14.9. The lowest BCUT2D eigenvalue weighted by atomic mass is 9.91. The number of ether oxygens (including phenoxy) is 1. The topological polar surface area (TPSA) is 89.4 Å². The number of hydrogen-bond donors (Lipinski definition) is 1. The highest BCUT2D eigenvalue weighted by atomic mass is 35.5. The van der Waals surface area contributed by atoms with Crippen molar-refractivity contribution in [3.8, 4) is 5.75 Å². The Labute approximate surface area is 253 Å². The van der Waals surface area contributed by atoms with E-state index in [0.29, 0.717) is 52.4 Å². The Bertz CT molecular complexity index is 1470. The summed E-state index contributed by atoms with van der Waals surface area (Å²) in [5, 5.41) is 3.50. The molecular weight excluding hydrogens is 552 g/mol. The van der Waals surface area contributed by atoms with Crippen molar-refractivity contribution in [3.63, 3.8) is 0 Å². The number of aryl methyl sites for hydroxylation is 1. The summed E-state index contributed by atoms with van der Waals surface area (Å²) in [6.07, 6.45) is 9.83. The fraction of sp³-hybridized carbons (Fsp3) is 0.500. The van der Waals surface area contributed by atoms with Gasteiger partial charge in [-0.25, -0.2) is 4.98 Å². The van der Waals surface area contributed by atoms with Gasteiger partial charge in [0, 0.05) is 43.4 Å². The number of imidazole rings is 1. The molecule has 1 saturated heterocycles. The first-order chi connectivity index (χ1) is 20.0. The maximum Gasteiger partial charge on any atom is 0.258 e. The normalized spacial score (nSPS) is 21.5. The predicted octanol–water partition coefficient (Wildman–Crippen LogP) is 5.78. The second-order valence-corrected chi connectivity index (χ2v) is 12.9. The Morgan fingerprint density at radius 3 is 2.57 bits per heavy atom. The first-order valence-corrected chi connectivity index (χ1v) is 15.3. The molecule has 3 aromatic rings. The van der Waals surface area contributed by atoms with E-state index in [9.17, 15) is 9.59 Å². The third-order valence-electron chi connectivity index (χ3n) is 8.67. The zero-order valence-corrected chi connectivity index (χ0v) is 25.9. The molecule has 2 aliphatic rings. The van der Waals surface area contributed by atoms with E-state index < -0.39 is 0 Å². The maximum atomic E-state index is 13.3. The summed E-state index contributed by atoms with van der Waals surface area (Å²) in [4.78, 5) is 36.9. The van der Waals surface area contributed by atoms with Gasteiger partial charge in [0.05, 0.1) is 50.4 Å². The van der Waals surface area contributed by atoms with Gasteiger partial charge in [-0.1, -0.05) is 18.2 Å². The summed E-state index contributed by atoms with van der Waals surface area (Å²) in [5.41, 5.74) is 2.60. The molecule has 1 aliphatic carbocycles. The van der Waals surface area contributed by atoms with Gasteiger partial charge in [0.15, 0.2) is 0 Å².